The topological polar surface area (TPSA) is 99.0 Å². The van der Waals surface area contributed by atoms with Crippen molar-refractivity contribution < 1.29 is 32.6 Å². The Morgan fingerprint density at radius 2 is 1.62 bits per heavy atom. The van der Waals surface area contributed by atoms with Crippen molar-refractivity contribution in [2.45, 2.75) is 64.2 Å². The highest BCUT2D eigenvalue weighted by atomic mass is 19.1. The molecule has 48 heavy (non-hydrogen) atoms. The van der Waals surface area contributed by atoms with Crippen LogP contribution >= 0.6 is 0 Å². The summed E-state index contributed by atoms with van der Waals surface area (Å²) in [5.41, 5.74) is 5.89. The molecule has 1 aliphatic rings. The van der Waals surface area contributed by atoms with Crippen LogP contribution < -0.4 is 10.6 Å². The Balaban J connectivity index is 1.08. The number of anilines is 1. The predicted molar refractivity (Wildman–Crippen MR) is 185 cm³/mol. The number of amides is 1. The van der Waals surface area contributed by atoms with E-state index in [0.717, 1.165) is 60.7 Å². The highest BCUT2D eigenvalue weighted by Crippen LogP contribution is 2.43. The number of nitrogens with one attached hydrogen (secondary N) is 2. The van der Waals surface area contributed by atoms with Crippen molar-refractivity contribution in [2.24, 2.45) is 0 Å². The molecule has 1 amide bonds. The minimum Gasteiger partial charge on any atom is -0.462 e. The Morgan fingerprint density at radius 3 is 2.31 bits per heavy atom. The summed E-state index contributed by atoms with van der Waals surface area (Å²) in [5, 5.41) is 7.09. The molecule has 256 valence electrons. The number of unbranched alkanes of at least 4 members (excludes halogenated alkanes) is 2. The van der Waals surface area contributed by atoms with Crippen molar-refractivity contribution in [3.05, 3.63) is 100 Å². The second kappa shape index (κ2) is 17.8. The number of halogens is 1. The zero-order chi connectivity index (χ0) is 33.7. The molecule has 0 atom stereocenters. The number of rotatable bonds is 19. The van der Waals surface area contributed by atoms with Crippen molar-refractivity contribution in [3.63, 3.8) is 0 Å². The zero-order valence-corrected chi connectivity index (χ0v) is 28.1. The number of furan rings is 1. The van der Waals surface area contributed by atoms with Gasteiger partial charge in [-0.05, 0) is 78.6 Å². The van der Waals surface area contributed by atoms with Gasteiger partial charge in [-0.2, -0.15) is 0 Å². The molecule has 1 fully saturated rings. The summed E-state index contributed by atoms with van der Waals surface area (Å²) in [6.45, 7) is 5.26. The van der Waals surface area contributed by atoms with Crippen LogP contribution in [0.4, 0.5) is 10.1 Å². The minimum absolute atomic E-state index is 0.199. The number of hydrogen-bond acceptors (Lipinski definition) is 7. The van der Waals surface area contributed by atoms with Crippen LogP contribution in [0.1, 0.15) is 94.5 Å². The number of carbonyl (C=O) groups is 2. The highest BCUT2D eigenvalue weighted by molar-refractivity contribution is 6.08. The third kappa shape index (κ3) is 9.45. The van der Waals surface area contributed by atoms with Gasteiger partial charge in [0.25, 0.3) is 5.91 Å². The first-order valence-electron chi connectivity index (χ1n) is 17.2. The van der Waals surface area contributed by atoms with Crippen LogP contribution in [-0.2, 0) is 27.1 Å². The number of fused-ring (bicyclic) bond motifs is 1. The number of benzene rings is 3. The Hall–Kier alpha value is -4.21. The SMILES string of the molecule is CCCCCOC(=O)c1ccc(CCOCCOCCNc2cc3oc(Cc4ccc(F)cc4)c(C(=O)NC)c3cc2C2CCC2)cc1. The average Bonchev–Trinajstić information content (AvgIpc) is 3.42. The van der Waals surface area contributed by atoms with Crippen LogP contribution in [0.15, 0.2) is 65.1 Å². The molecule has 0 aliphatic heterocycles. The van der Waals surface area contributed by atoms with E-state index >= 15 is 0 Å². The Kier molecular flexibility index (Phi) is 13.0. The Bertz CT molecular complexity index is 1630. The summed E-state index contributed by atoms with van der Waals surface area (Å²) in [7, 11) is 1.62. The van der Waals surface area contributed by atoms with Crippen LogP contribution in [-0.4, -0.2) is 58.5 Å². The molecule has 1 saturated carbocycles. The van der Waals surface area contributed by atoms with E-state index in [0.29, 0.717) is 74.4 Å². The third-order valence-electron chi connectivity index (χ3n) is 8.85. The average molecular weight is 659 g/mol. The molecule has 2 N–H and O–H groups in total. The first-order valence-corrected chi connectivity index (χ1v) is 17.2. The summed E-state index contributed by atoms with van der Waals surface area (Å²) in [6.07, 6.45) is 7.60. The fourth-order valence-electron chi connectivity index (χ4n) is 5.88. The lowest BCUT2D eigenvalue weighted by molar-refractivity contribution is 0.0497. The van der Waals surface area contributed by atoms with Gasteiger partial charge >= 0.3 is 5.97 Å². The van der Waals surface area contributed by atoms with E-state index in [1.54, 1.807) is 31.3 Å². The molecule has 1 heterocycles. The largest absolute Gasteiger partial charge is 0.462 e. The number of carbonyl (C=O) groups excluding carboxylic acids is 2. The van der Waals surface area contributed by atoms with E-state index < -0.39 is 0 Å². The van der Waals surface area contributed by atoms with Crippen molar-refractivity contribution in [1.29, 1.82) is 0 Å². The van der Waals surface area contributed by atoms with Crippen molar-refractivity contribution >= 4 is 28.5 Å². The van der Waals surface area contributed by atoms with Gasteiger partial charge in [-0.3, -0.25) is 4.79 Å². The molecule has 0 bridgehead atoms. The zero-order valence-electron chi connectivity index (χ0n) is 28.1. The third-order valence-corrected chi connectivity index (χ3v) is 8.85. The smallest absolute Gasteiger partial charge is 0.338 e. The summed E-state index contributed by atoms with van der Waals surface area (Å²) in [6, 6.07) is 17.9. The quantitative estimate of drug-likeness (QED) is 0.0783. The normalized spacial score (nSPS) is 13.0. The molecular weight excluding hydrogens is 611 g/mol. The molecule has 9 heteroatoms. The van der Waals surface area contributed by atoms with Crippen LogP contribution in [0.25, 0.3) is 11.0 Å². The van der Waals surface area contributed by atoms with Crippen LogP contribution in [0.3, 0.4) is 0 Å². The standard InChI is InChI=1S/C39H47FN2O6/c1-3-4-5-19-47-39(44)30-13-9-27(10-14-30)17-20-45-22-23-46-21-18-42-34-26-35-33(25-32(34)29-7-6-8-29)37(38(43)41-2)36(48-35)24-28-11-15-31(40)16-12-28/h9-16,25-26,29,42H,3-8,17-24H2,1-2H3,(H,41,43). The van der Waals surface area contributed by atoms with E-state index in [1.807, 2.05) is 18.2 Å². The van der Waals surface area contributed by atoms with Crippen LogP contribution in [0, 0.1) is 5.82 Å². The van der Waals surface area contributed by atoms with Crippen LogP contribution in [0.2, 0.25) is 0 Å². The fraction of sp³-hybridized carbons (Fsp3) is 0.436. The predicted octanol–water partition coefficient (Wildman–Crippen LogP) is 7.82. The number of hydrogen-bond donors (Lipinski definition) is 2. The van der Waals surface area contributed by atoms with Gasteiger partial charge in [0, 0.05) is 37.2 Å². The molecule has 3 aromatic carbocycles. The van der Waals surface area contributed by atoms with E-state index in [4.69, 9.17) is 18.6 Å². The van der Waals surface area contributed by atoms with Gasteiger partial charge in [-0.25, -0.2) is 9.18 Å². The molecular formula is C39H47FN2O6. The monoisotopic (exact) mass is 658 g/mol. The Labute approximate surface area is 282 Å². The molecule has 0 saturated heterocycles. The molecule has 0 spiro atoms. The number of ether oxygens (including phenoxy) is 3. The van der Waals surface area contributed by atoms with Crippen molar-refractivity contribution in [2.75, 3.05) is 51.9 Å². The second-order valence-corrected chi connectivity index (χ2v) is 12.3. The maximum absolute atomic E-state index is 13.5. The molecule has 0 unspecified atom stereocenters. The summed E-state index contributed by atoms with van der Waals surface area (Å²) in [5.74, 6) is 0.216. The first-order chi connectivity index (χ1) is 23.5. The van der Waals surface area contributed by atoms with Gasteiger partial charge in [-0.1, -0.05) is 50.5 Å². The molecule has 8 nitrogen and oxygen atoms in total. The minimum atomic E-state index is -0.302. The lowest BCUT2D eigenvalue weighted by Crippen LogP contribution is -2.19. The van der Waals surface area contributed by atoms with E-state index in [2.05, 4.69) is 23.6 Å². The van der Waals surface area contributed by atoms with Gasteiger partial charge in [0.05, 0.1) is 44.2 Å². The maximum Gasteiger partial charge on any atom is 0.338 e. The fourth-order valence-corrected chi connectivity index (χ4v) is 5.88. The maximum atomic E-state index is 13.5. The summed E-state index contributed by atoms with van der Waals surface area (Å²) in [4.78, 5) is 25.1. The van der Waals surface area contributed by atoms with E-state index in [1.165, 1.54) is 24.1 Å². The molecule has 5 rings (SSSR count). The van der Waals surface area contributed by atoms with Gasteiger partial charge < -0.3 is 29.3 Å². The van der Waals surface area contributed by atoms with Crippen molar-refractivity contribution in [3.8, 4) is 0 Å². The lowest BCUT2D eigenvalue weighted by Gasteiger charge is -2.28. The van der Waals surface area contributed by atoms with Gasteiger partial charge in [-0.15, -0.1) is 0 Å². The second-order valence-electron chi connectivity index (χ2n) is 12.3. The van der Waals surface area contributed by atoms with E-state index in [-0.39, 0.29) is 17.7 Å². The lowest BCUT2D eigenvalue weighted by atomic mass is 9.79. The van der Waals surface area contributed by atoms with Gasteiger partial charge in [0.1, 0.15) is 17.2 Å². The van der Waals surface area contributed by atoms with E-state index in [9.17, 15) is 14.0 Å². The highest BCUT2D eigenvalue weighted by Gasteiger charge is 2.27. The molecule has 4 aromatic rings. The van der Waals surface area contributed by atoms with Crippen LogP contribution in [0.5, 0.6) is 0 Å². The molecule has 0 radical (unpaired) electrons. The van der Waals surface area contributed by atoms with Crippen molar-refractivity contribution in [1.82, 2.24) is 5.32 Å². The number of esters is 1. The Morgan fingerprint density at radius 1 is 0.896 bits per heavy atom. The van der Waals surface area contributed by atoms with Gasteiger partial charge in [0.15, 0.2) is 0 Å². The summed E-state index contributed by atoms with van der Waals surface area (Å²) < 4.78 is 36.7. The molecule has 1 aromatic heterocycles. The summed E-state index contributed by atoms with van der Waals surface area (Å²) >= 11 is 0. The molecule has 1 aliphatic carbocycles. The van der Waals surface area contributed by atoms with Gasteiger partial charge in [0.2, 0.25) is 0 Å². The first kappa shape index (κ1) is 35.1.